The Morgan fingerprint density at radius 3 is 2.10 bits per heavy atom. The summed E-state index contributed by atoms with van der Waals surface area (Å²) in [7, 11) is 0. The summed E-state index contributed by atoms with van der Waals surface area (Å²) in [4.78, 5) is 37.8. The molecule has 0 heterocycles. The quantitative estimate of drug-likeness (QED) is 0.452. The number of amides is 2. The number of benzene rings is 1. The van der Waals surface area contributed by atoms with Gasteiger partial charge in [0.15, 0.2) is 0 Å². The first kappa shape index (κ1) is 24.8. The molecule has 0 aliphatic carbocycles. The van der Waals surface area contributed by atoms with E-state index in [0.717, 1.165) is 12.0 Å². The zero-order valence-electron chi connectivity index (χ0n) is 17.6. The summed E-state index contributed by atoms with van der Waals surface area (Å²) in [6.07, 6.45) is 1.99. The molecule has 0 radical (unpaired) electrons. The van der Waals surface area contributed by atoms with E-state index >= 15 is 0 Å². The molecule has 0 spiro atoms. The lowest BCUT2D eigenvalue weighted by molar-refractivity contribution is -0.142. The zero-order chi connectivity index (χ0) is 22.0. The van der Waals surface area contributed by atoms with Gasteiger partial charge in [0, 0.05) is 11.3 Å². The van der Waals surface area contributed by atoms with E-state index in [1.54, 1.807) is 6.92 Å². The van der Waals surface area contributed by atoms with Crippen molar-refractivity contribution in [3.63, 3.8) is 0 Å². The molecule has 0 fully saturated rings. The van der Waals surface area contributed by atoms with Crippen molar-refractivity contribution in [2.45, 2.75) is 65.5 Å². The number of carbonyl (C=O) groups is 3. The van der Waals surface area contributed by atoms with Crippen molar-refractivity contribution in [2.75, 3.05) is 0 Å². The van der Waals surface area contributed by atoms with Crippen LogP contribution in [0, 0.1) is 11.8 Å². The van der Waals surface area contributed by atoms with Crippen molar-refractivity contribution in [2.24, 2.45) is 11.8 Å². The second kappa shape index (κ2) is 12.3. The first-order valence-corrected chi connectivity index (χ1v) is 10.4. The molecular formula is C22H32N2O4S. The van der Waals surface area contributed by atoms with E-state index in [2.05, 4.69) is 10.6 Å². The van der Waals surface area contributed by atoms with Crippen LogP contribution in [-0.4, -0.2) is 39.8 Å². The van der Waals surface area contributed by atoms with Gasteiger partial charge in [0.25, 0.3) is 0 Å². The van der Waals surface area contributed by atoms with Crippen molar-refractivity contribution in [3.05, 3.63) is 35.9 Å². The van der Waals surface area contributed by atoms with Crippen LogP contribution in [0.5, 0.6) is 0 Å². The molecule has 3 N–H and O–H groups in total. The second-order valence-corrected chi connectivity index (χ2v) is 8.38. The molecule has 29 heavy (non-hydrogen) atoms. The minimum absolute atomic E-state index is 0.140. The Bertz CT molecular complexity index is 706. The van der Waals surface area contributed by atoms with E-state index in [4.69, 9.17) is 12.2 Å². The standard InChI is InChI=1S/C22H32N2O4S/c1-5-9-17(15(4)29)20(25)23-18(12-14(2)3)21(26)24-19(22(27)28)13-16-10-7-6-8-11-16/h6-8,10-11,14,17-19H,5,9,12-13H2,1-4H3,(H,23,25)(H,24,26)(H,27,28)/t17?,18-,19-/m0/s1. The van der Waals surface area contributed by atoms with Gasteiger partial charge in [0.05, 0.1) is 5.92 Å². The fourth-order valence-corrected chi connectivity index (χ4v) is 3.33. The molecule has 7 heteroatoms. The minimum atomic E-state index is -1.12. The van der Waals surface area contributed by atoms with Crippen LogP contribution < -0.4 is 10.6 Å². The number of carboxylic acid groups (broad SMARTS) is 1. The average Bonchev–Trinajstić information content (AvgIpc) is 2.64. The maximum absolute atomic E-state index is 12.8. The Morgan fingerprint density at radius 2 is 1.62 bits per heavy atom. The molecule has 3 atom stereocenters. The van der Waals surface area contributed by atoms with Crippen LogP contribution in [0.4, 0.5) is 0 Å². The summed E-state index contributed by atoms with van der Waals surface area (Å²) >= 11 is 5.20. The third-order valence-corrected chi connectivity index (χ3v) is 4.91. The topological polar surface area (TPSA) is 95.5 Å². The number of hydrogen-bond acceptors (Lipinski definition) is 4. The molecule has 0 aliphatic rings. The number of rotatable bonds is 12. The molecule has 160 valence electrons. The summed E-state index contributed by atoms with van der Waals surface area (Å²) in [6.45, 7) is 7.59. The highest BCUT2D eigenvalue weighted by atomic mass is 32.1. The number of nitrogens with one attached hydrogen (secondary N) is 2. The van der Waals surface area contributed by atoms with Gasteiger partial charge in [-0.3, -0.25) is 9.59 Å². The summed E-state index contributed by atoms with van der Waals surface area (Å²) in [5, 5.41) is 14.9. The largest absolute Gasteiger partial charge is 0.480 e. The fourth-order valence-electron chi connectivity index (χ4n) is 3.11. The molecular weight excluding hydrogens is 388 g/mol. The number of carboxylic acids is 1. The van der Waals surface area contributed by atoms with Gasteiger partial charge in [-0.15, -0.1) is 0 Å². The van der Waals surface area contributed by atoms with Gasteiger partial charge >= 0.3 is 5.97 Å². The Hall–Kier alpha value is -2.28. The molecule has 6 nitrogen and oxygen atoms in total. The van der Waals surface area contributed by atoms with Gasteiger partial charge in [0.2, 0.25) is 11.8 Å². The molecule has 1 unspecified atom stereocenters. The van der Waals surface area contributed by atoms with E-state index in [1.165, 1.54) is 0 Å². The summed E-state index contributed by atoms with van der Waals surface area (Å²) in [6, 6.07) is 7.22. The number of carbonyl (C=O) groups excluding carboxylic acids is 2. The van der Waals surface area contributed by atoms with E-state index in [0.29, 0.717) is 17.7 Å². The normalized spacial score (nSPS) is 14.0. The van der Waals surface area contributed by atoms with Crippen LogP contribution in [0.3, 0.4) is 0 Å². The highest BCUT2D eigenvalue weighted by Gasteiger charge is 2.29. The second-order valence-electron chi connectivity index (χ2n) is 7.73. The van der Waals surface area contributed by atoms with Crippen molar-refractivity contribution < 1.29 is 19.5 Å². The smallest absolute Gasteiger partial charge is 0.326 e. The van der Waals surface area contributed by atoms with Crippen molar-refractivity contribution in [1.29, 1.82) is 0 Å². The van der Waals surface area contributed by atoms with Crippen LogP contribution >= 0.6 is 12.2 Å². The van der Waals surface area contributed by atoms with Gasteiger partial charge in [-0.05, 0) is 31.2 Å². The minimum Gasteiger partial charge on any atom is -0.480 e. The van der Waals surface area contributed by atoms with Gasteiger partial charge < -0.3 is 15.7 Å². The summed E-state index contributed by atoms with van der Waals surface area (Å²) < 4.78 is 0. The van der Waals surface area contributed by atoms with E-state index < -0.39 is 29.9 Å². The zero-order valence-corrected chi connectivity index (χ0v) is 18.4. The van der Waals surface area contributed by atoms with E-state index in [9.17, 15) is 19.5 Å². The van der Waals surface area contributed by atoms with Crippen LogP contribution in [0.15, 0.2) is 30.3 Å². The lowest BCUT2D eigenvalue weighted by atomic mass is 9.97. The summed E-state index contributed by atoms with van der Waals surface area (Å²) in [5.41, 5.74) is 0.809. The van der Waals surface area contributed by atoms with Crippen molar-refractivity contribution in [3.8, 4) is 0 Å². The predicted molar refractivity (Wildman–Crippen MR) is 118 cm³/mol. The third kappa shape index (κ3) is 8.73. The Balaban J connectivity index is 2.91. The Morgan fingerprint density at radius 1 is 1.03 bits per heavy atom. The molecule has 1 aromatic rings. The molecule has 2 amide bonds. The monoisotopic (exact) mass is 420 g/mol. The van der Waals surface area contributed by atoms with Crippen LogP contribution in [0.2, 0.25) is 0 Å². The first-order valence-electron chi connectivity index (χ1n) is 10.0. The van der Waals surface area contributed by atoms with Gasteiger partial charge in [-0.25, -0.2) is 4.79 Å². The molecule has 0 aromatic heterocycles. The maximum atomic E-state index is 12.8. The van der Waals surface area contributed by atoms with Gasteiger partial charge in [-0.1, -0.05) is 69.7 Å². The molecule has 1 aromatic carbocycles. The Labute approximate surface area is 178 Å². The molecule has 0 bridgehead atoms. The van der Waals surface area contributed by atoms with Crippen LogP contribution in [0.25, 0.3) is 0 Å². The lowest BCUT2D eigenvalue weighted by Gasteiger charge is -2.25. The SMILES string of the molecule is CCCC(C(=O)N[C@@H](CC(C)C)C(=O)N[C@@H](Cc1ccccc1)C(=O)O)C(C)=S. The summed E-state index contributed by atoms with van der Waals surface area (Å²) in [5.74, 6) is -2.18. The highest BCUT2D eigenvalue weighted by Crippen LogP contribution is 2.13. The van der Waals surface area contributed by atoms with Gasteiger partial charge in [0.1, 0.15) is 12.1 Å². The van der Waals surface area contributed by atoms with Gasteiger partial charge in [-0.2, -0.15) is 0 Å². The fraction of sp³-hybridized carbons (Fsp3) is 0.545. The lowest BCUT2D eigenvalue weighted by Crippen LogP contribution is -2.53. The molecule has 0 saturated carbocycles. The maximum Gasteiger partial charge on any atom is 0.326 e. The van der Waals surface area contributed by atoms with E-state index in [-0.39, 0.29) is 18.2 Å². The van der Waals surface area contributed by atoms with Crippen LogP contribution in [-0.2, 0) is 20.8 Å². The molecule has 0 saturated heterocycles. The highest BCUT2D eigenvalue weighted by molar-refractivity contribution is 7.80. The van der Waals surface area contributed by atoms with Crippen LogP contribution in [0.1, 0.15) is 52.5 Å². The predicted octanol–water partition coefficient (Wildman–Crippen LogP) is 3.14. The van der Waals surface area contributed by atoms with Crippen molar-refractivity contribution >= 4 is 34.9 Å². The molecule has 1 rings (SSSR count). The number of aliphatic carboxylic acids is 1. The first-order chi connectivity index (χ1) is 13.6. The average molecular weight is 421 g/mol. The number of hydrogen-bond donors (Lipinski definition) is 3. The van der Waals surface area contributed by atoms with E-state index in [1.807, 2.05) is 51.1 Å². The number of thiocarbonyl (C=S) groups is 1. The van der Waals surface area contributed by atoms with Crippen molar-refractivity contribution in [1.82, 2.24) is 10.6 Å². The third-order valence-electron chi connectivity index (χ3n) is 4.62. The Kier molecular flexibility index (Phi) is 10.5. The molecule has 0 aliphatic heterocycles.